The molecule has 0 saturated heterocycles. The van der Waals surface area contributed by atoms with Crippen LogP contribution in [-0.2, 0) is 0 Å². The van der Waals surface area contributed by atoms with Crippen molar-refractivity contribution in [2.45, 2.75) is 44.6 Å². The van der Waals surface area contributed by atoms with Crippen LogP contribution in [0.5, 0.6) is 0 Å². The Bertz CT molecular complexity index is 589. The quantitative estimate of drug-likeness (QED) is 0.765. The number of anilines is 1. The summed E-state index contributed by atoms with van der Waals surface area (Å²) in [6, 6.07) is 13.7. The molecule has 0 unspecified atom stereocenters. The molecule has 1 fully saturated rings. The molecule has 1 heterocycles. The van der Waals surface area contributed by atoms with Gasteiger partial charge in [-0.15, -0.1) is 0 Å². The van der Waals surface area contributed by atoms with Gasteiger partial charge in [-0.05, 0) is 71.6 Å². The summed E-state index contributed by atoms with van der Waals surface area (Å²) in [6.07, 6.45) is 6.92. The maximum absolute atomic E-state index is 4.36. The number of halogens is 1. The highest BCUT2D eigenvalue weighted by atomic mass is 79.9. The van der Waals surface area contributed by atoms with E-state index in [0.29, 0.717) is 6.04 Å². The number of aryl methyl sites for hydroxylation is 1. The van der Waals surface area contributed by atoms with Crippen molar-refractivity contribution in [2.75, 3.05) is 5.32 Å². The maximum atomic E-state index is 4.36. The average molecular weight is 345 g/mol. The largest absolute Gasteiger partial charge is 0.381 e. The number of nitrogens with zero attached hydrogens (tertiary/aromatic N) is 1. The molecule has 0 radical (unpaired) electrons. The molecule has 21 heavy (non-hydrogen) atoms. The normalized spacial score (nSPS) is 22.0. The third-order valence-electron chi connectivity index (χ3n) is 4.38. The van der Waals surface area contributed by atoms with Gasteiger partial charge in [-0.3, -0.25) is 0 Å². The lowest BCUT2D eigenvalue weighted by atomic mass is 9.82. The van der Waals surface area contributed by atoms with Crippen molar-refractivity contribution < 1.29 is 0 Å². The van der Waals surface area contributed by atoms with Gasteiger partial charge in [0.2, 0.25) is 0 Å². The molecule has 1 N–H and O–H groups in total. The molecule has 1 saturated carbocycles. The topological polar surface area (TPSA) is 24.9 Å². The van der Waals surface area contributed by atoms with E-state index in [1.807, 2.05) is 6.20 Å². The SMILES string of the molecule is Cc1cc(NC2CCC(c3ccccc3)CC2)cnc1Br. The van der Waals surface area contributed by atoms with E-state index in [0.717, 1.165) is 16.2 Å². The molecule has 3 heteroatoms. The molecule has 0 atom stereocenters. The molecule has 1 aromatic heterocycles. The zero-order valence-corrected chi connectivity index (χ0v) is 13.9. The molecule has 0 aliphatic heterocycles. The van der Waals surface area contributed by atoms with Crippen molar-refractivity contribution in [1.82, 2.24) is 4.98 Å². The summed E-state index contributed by atoms with van der Waals surface area (Å²) in [5, 5.41) is 3.64. The molecule has 110 valence electrons. The monoisotopic (exact) mass is 344 g/mol. The van der Waals surface area contributed by atoms with Crippen LogP contribution in [-0.4, -0.2) is 11.0 Å². The van der Waals surface area contributed by atoms with Crippen molar-refractivity contribution in [3.63, 3.8) is 0 Å². The van der Waals surface area contributed by atoms with Gasteiger partial charge in [0.15, 0.2) is 0 Å². The minimum atomic E-state index is 0.576. The van der Waals surface area contributed by atoms with Crippen LogP contribution in [0.4, 0.5) is 5.69 Å². The summed E-state index contributed by atoms with van der Waals surface area (Å²) in [5.41, 5.74) is 3.81. The van der Waals surface area contributed by atoms with Crippen molar-refractivity contribution in [1.29, 1.82) is 0 Å². The maximum Gasteiger partial charge on any atom is 0.109 e. The fraction of sp³-hybridized carbons (Fsp3) is 0.389. The molecule has 2 nitrogen and oxygen atoms in total. The third-order valence-corrected chi connectivity index (χ3v) is 5.21. The van der Waals surface area contributed by atoms with Crippen LogP contribution in [0.15, 0.2) is 47.2 Å². The van der Waals surface area contributed by atoms with E-state index in [2.05, 4.69) is 69.6 Å². The van der Waals surface area contributed by atoms with Gasteiger partial charge >= 0.3 is 0 Å². The number of hydrogen-bond donors (Lipinski definition) is 1. The molecule has 1 aliphatic carbocycles. The zero-order chi connectivity index (χ0) is 14.7. The molecule has 1 aliphatic rings. The second-order valence-electron chi connectivity index (χ2n) is 5.94. The summed E-state index contributed by atoms with van der Waals surface area (Å²) < 4.78 is 0.931. The Kier molecular flexibility index (Phi) is 4.59. The molecule has 0 spiro atoms. The first kappa shape index (κ1) is 14.6. The van der Waals surface area contributed by atoms with Gasteiger partial charge in [0.25, 0.3) is 0 Å². The van der Waals surface area contributed by atoms with Gasteiger partial charge in [-0.2, -0.15) is 0 Å². The number of pyridine rings is 1. The number of hydrogen-bond acceptors (Lipinski definition) is 2. The second kappa shape index (κ2) is 6.61. The Morgan fingerprint density at radius 1 is 1.10 bits per heavy atom. The number of benzene rings is 1. The highest BCUT2D eigenvalue weighted by molar-refractivity contribution is 9.10. The molecule has 0 amide bonds. The molecular formula is C18H21BrN2. The van der Waals surface area contributed by atoms with Crippen LogP contribution >= 0.6 is 15.9 Å². The van der Waals surface area contributed by atoms with Crippen LogP contribution in [0.1, 0.15) is 42.7 Å². The van der Waals surface area contributed by atoms with Gasteiger partial charge in [0.1, 0.15) is 4.60 Å². The van der Waals surface area contributed by atoms with Gasteiger partial charge in [-0.25, -0.2) is 4.98 Å². The first-order valence-electron chi connectivity index (χ1n) is 7.66. The standard InChI is InChI=1S/C18H21BrN2/c1-13-11-17(12-20-18(13)19)21-16-9-7-15(8-10-16)14-5-3-2-4-6-14/h2-6,11-12,15-16,21H,7-10H2,1H3. The fourth-order valence-corrected chi connectivity index (χ4v) is 3.39. The lowest BCUT2D eigenvalue weighted by Gasteiger charge is -2.30. The van der Waals surface area contributed by atoms with Crippen LogP contribution < -0.4 is 5.32 Å². The second-order valence-corrected chi connectivity index (χ2v) is 6.69. The van der Waals surface area contributed by atoms with E-state index in [1.54, 1.807) is 0 Å². The van der Waals surface area contributed by atoms with Gasteiger partial charge in [0.05, 0.1) is 11.9 Å². The summed E-state index contributed by atoms with van der Waals surface area (Å²) in [5.74, 6) is 0.731. The van der Waals surface area contributed by atoms with Crippen molar-refractivity contribution in [3.05, 3.63) is 58.3 Å². The molecule has 1 aromatic carbocycles. The number of aromatic nitrogens is 1. The molecule has 2 aromatic rings. The summed E-state index contributed by atoms with van der Waals surface area (Å²) in [7, 11) is 0. The predicted octanol–water partition coefficient (Wildman–Crippen LogP) is 5.29. The highest BCUT2D eigenvalue weighted by Crippen LogP contribution is 2.34. The van der Waals surface area contributed by atoms with E-state index < -0.39 is 0 Å². The Balaban J connectivity index is 1.57. The van der Waals surface area contributed by atoms with Crippen molar-refractivity contribution in [3.8, 4) is 0 Å². The summed E-state index contributed by atoms with van der Waals surface area (Å²) in [4.78, 5) is 4.36. The predicted molar refractivity (Wildman–Crippen MR) is 91.7 cm³/mol. The summed E-state index contributed by atoms with van der Waals surface area (Å²) >= 11 is 3.45. The van der Waals surface area contributed by atoms with Crippen LogP contribution in [0.25, 0.3) is 0 Å². The minimum Gasteiger partial charge on any atom is -0.381 e. The minimum absolute atomic E-state index is 0.576. The third kappa shape index (κ3) is 3.65. The van der Waals surface area contributed by atoms with Gasteiger partial charge < -0.3 is 5.32 Å². The van der Waals surface area contributed by atoms with Crippen molar-refractivity contribution in [2.24, 2.45) is 0 Å². The van der Waals surface area contributed by atoms with E-state index in [1.165, 1.54) is 36.8 Å². The fourth-order valence-electron chi connectivity index (χ4n) is 3.17. The first-order valence-corrected chi connectivity index (χ1v) is 8.45. The average Bonchev–Trinajstić information content (AvgIpc) is 2.53. The lowest BCUT2D eigenvalue weighted by molar-refractivity contribution is 0.412. The Morgan fingerprint density at radius 3 is 2.48 bits per heavy atom. The van der Waals surface area contributed by atoms with Gasteiger partial charge in [-0.1, -0.05) is 30.3 Å². The highest BCUT2D eigenvalue weighted by Gasteiger charge is 2.22. The number of nitrogens with one attached hydrogen (secondary N) is 1. The first-order chi connectivity index (χ1) is 10.2. The van der Waals surface area contributed by atoms with Crippen molar-refractivity contribution >= 4 is 21.6 Å². The smallest absolute Gasteiger partial charge is 0.109 e. The van der Waals surface area contributed by atoms with Crippen LogP contribution in [0.3, 0.4) is 0 Å². The number of rotatable bonds is 3. The Morgan fingerprint density at radius 2 is 1.81 bits per heavy atom. The van der Waals surface area contributed by atoms with E-state index >= 15 is 0 Å². The molecule has 0 bridgehead atoms. The lowest BCUT2D eigenvalue weighted by Crippen LogP contribution is -2.25. The summed E-state index contributed by atoms with van der Waals surface area (Å²) in [6.45, 7) is 2.08. The molecule has 3 rings (SSSR count). The van der Waals surface area contributed by atoms with Crippen LogP contribution in [0, 0.1) is 6.92 Å². The Labute approximate surface area is 135 Å². The Hall–Kier alpha value is -1.35. The van der Waals surface area contributed by atoms with E-state index in [4.69, 9.17) is 0 Å². The van der Waals surface area contributed by atoms with E-state index in [-0.39, 0.29) is 0 Å². The zero-order valence-electron chi connectivity index (χ0n) is 12.3. The van der Waals surface area contributed by atoms with Crippen LogP contribution in [0.2, 0.25) is 0 Å². The van der Waals surface area contributed by atoms with Gasteiger partial charge in [0, 0.05) is 6.04 Å². The molecular weight excluding hydrogens is 324 g/mol. The van der Waals surface area contributed by atoms with E-state index in [9.17, 15) is 0 Å².